The summed E-state index contributed by atoms with van der Waals surface area (Å²) in [6.45, 7) is 6.68. The van der Waals surface area contributed by atoms with E-state index in [0.29, 0.717) is 13.0 Å². The Bertz CT molecular complexity index is 202. The molecule has 0 aliphatic heterocycles. The molecule has 119 valence electrons. The van der Waals surface area contributed by atoms with E-state index in [9.17, 15) is 4.79 Å². The van der Waals surface area contributed by atoms with Crippen molar-refractivity contribution in [3.05, 3.63) is 6.92 Å². The number of unbranched alkanes of at least 4 members (excludes halogenated alkanes) is 11. The summed E-state index contributed by atoms with van der Waals surface area (Å²) in [5.74, 6) is -0.00635. The van der Waals surface area contributed by atoms with Gasteiger partial charge in [-0.3, -0.25) is 4.79 Å². The smallest absolute Gasteiger partial charge is 0.305 e. The second kappa shape index (κ2) is 16.5. The highest BCUT2D eigenvalue weighted by Gasteiger charge is 2.02. The maximum absolute atomic E-state index is 11.5. The highest BCUT2D eigenvalue weighted by molar-refractivity contribution is 5.69. The van der Waals surface area contributed by atoms with Gasteiger partial charge < -0.3 is 4.74 Å². The van der Waals surface area contributed by atoms with E-state index in [2.05, 4.69) is 13.8 Å². The van der Waals surface area contributed by atoms with E-state index in [1.165, 1.54) is 57.8 Å². The lowest BCUT2D eigenvalue weighted by Crippen LogP contribution is -2.05. The van der Waals surface area contributed by atoms with E-state index in [-0.39, 0.29) is 5.97 Å². The molecule has 1 radical (unpaired) electrons. The van der Waals surface area contributed by atoms with E-state index in [4.69, 9.17) is 4.74 Å². The van der Waals surface area contributed by atoms with E-state index < -0.39 is 0 Å². The average molecular weight is 283 g/mol. The van der Waals surface area contributed by atoms with Gasteiger partial charge in [0, 0.05) is 6.42 Å². The second-order valence-corrected chi connectivity index (χ2v) is 5.71. The van der Waals surface area contributed by atoms with Crippen LogP contribution in [0.15, 0.2) is 0 Å². The molecule has 2 nitrogen and oxygen atoms in total. The molecule has 0 bridgehead atoms. The van der Waals surface area contributed by atoms with Crippen molar-refractivity contribution in [2.24, 2.45) is 0 Å². The predicted octanol–water partition coefficient (Wildman–Crippen LogP) is 5.84. The number of hydrogen-bond acceptors (Lipinski definition) is 2. The molecule has 0 N–H and O–H groups in total. The minimum absolute atomic E-state index is 0.00635. The van der Waals surface area contributed by atoms with Crippen LogP contribution in [0.1, 0.15) is 96.8 Å². The number of carbonyl (C=O) groups excluding carboxylic acids is 1. The first-order chi connectivity index (χ1) is 9.81. The molecule has 0 heterocycles. The first kappa shape index (κ1) is 19.5. The van der Waals surface area contributed by atoms with Gasteiger partial charge in [-0.1, -0.05) is 84.5 Å². The molecule has 0 aliphatic carbocycles. The fraction of sp³-hybridized carbons (Fsp3) is 0.889. The number of rotatable bonds is 15. The molecule has 0 atom stereocenters. The monoisotopic (exact) mass is 283 g/mol. The molecule has 0 unspecified atom stereocenters. The van der Waals surface area contributed by atoms with Gasteiger partial charge in [0.15, 0.2) is 0 Å². The predicted molar refractivity (Wildman–Crippen MR) is 86.6 cm³/mol. The van der Waals surface area contributed by atoms with Crippen LogP contribution in [-0.4, -0.2) is 12.6 Å². The van der Waals surface area contributed by atoms with Crippen LogP contribution in [0, 0.1) is 6.92 Å². The molecule has 2 heteroatoms. The normalized spacial score (nSPS) is 10.7. The van der Waals surface area contributed by atoms with Crippen LogP contribution < -0.4 is 0 Å². The molecule has 0 rings (SSSR count). The van der Waals surface area contributed by atoms with Crippen LogP contribution in [0.4, 0.5) is 0 Å². The summed E-state index contributed by atoms with van der Waals surface area (Å²) in [7, 11) is 0. The first-order valence-electron chi connectivity index (χ1n) is 8.76. The van der Waals surface area contributed by atoms with Crippen LogP contribution in [0.25, 0.3) is 0 Å². The average Bonchev–Trinajstić information content (AvgIpc) is 2.45. The fourth-order valence-corrected chi connectivity index (χ4v) is 2.29. The second-order valence-electron chi connectivity index (χ2n) is 5.71. The largest absolute Gasteiger partial charge is 0.466 e. The molecule has 0 aromatic carbocycles. The minimum atomic E-state index is -0.00635. The lowest BCUT2D eigenvalue weighted by atomic mass is 10.1. The van der Waals surface area contributed by atoms with Crippen molar-refractivity contribution >= 4 is 5.97 Å². The van der Waals surface area contributed by atoms with Crippen LogP contribution in [0.3, 0.4) is 0 Å². The van der Waals surface area contributed by atoms with Gasteiger partial charge in [0.25, 0.3) is 0 Å². The molecule has 0 fully saturated rings. The maximum Gasteiger partial charge on any atom is 0.305 e. The van der Waals surface area contributed by atoms with Crippen molar-refractivity contribution in [2.45, 2.75) is 96.8 Å². The first-order valence-corrected chi connectivity index (χ1v) is 8.76. The number of esters is 1. The lowest BCUT2D eigenvalue weighted by Gasteiger charge is -2.05. The third-order valence-corrected chi connectivity index (χ3v) is 3.64. The summed E-state index contributed by atoms with van der Waals surface area (Å²) >= 11 is 0. The zero-order valence-electron chi connectivity index (χ0n) is 13.6. The van der Waals surface area contributed by atoms with Crippen LogP contribution in [0.5, 0.6) is 0 Å². The summed E-state index contributed by atoms with van der Waals surface area (Å²) < 4.78 is 5.25. The molecule has 0 amide bonds. The molecule has 0 saturated heterocycles. The Balaban J connectivity index is 3.12. The Morgan fingerprint density at radius 3 is 2.00 bits per heavy atom. The number of hydrogen-bond donors (Lipinski definition) is 0. The summed E-state index contributed by atoms with van der Waals surface area (Å²) in [4.78, 5) is 11.5. The van der Waals surface area contributed by atoms with Crippen LogP contribution in [-0.2, 0) is 9.53 Å². The Morgan fingerprint density at radius 1 is 0.800 bits per heavy atom. The Hall–Kier alpha value is -0.530. The topological polar surface area (TPSA) is 26.3 Å². The quantitative estimate of drug-likeness (QED) is 0.278. The van der Waals surface area contributed by atoms with Crippen molar-refractivity contribution in [3.63, 3.8) is 0 Å². The molecular weight excluding hydrogens is 248 g/mol. The molecule has 0 aromatic heterocycles. The van der Waals surface area contributed by atoms with Gasteiger partial charge in [0.05, 0.1) is 6.61 Å². The van der Waals surface area contributed by atoms with E-state index in [0.717, 1.165) is 25.7 Å². The standard InChI is InChI=1S/C18H35O2/c1-3-5-7-9-11-13-15-17-20-18(19)16-14-12-10-8-6-4-2/h2-17H2,1H3. The molecule has 0 spiro atoms. The van der Waals surface area contributed by atoms with E-state index in [1.807, 2.05) is 0 Å². The summed E-state index contributed by atoms with van der Waals surface area (Å²) in [6, 6.07) is 0. The summed E-state index contributed by atoms with van der Waals surface area (Å²) in [5.41, 5.74) is 0. The molecule has 0 saturated carbocycles. The number of ether oxygens (including phenoxy) is 1. The van der Waals surface area contributed by atoms with Gasteiger partial charge >= 0.3 is 5.97 Å². The molecule has 20 heavy (non-hydrogen) atoms. The van der Waals surface area contributed by atoms with Gasteiger partial charge in [-0.2, -0.15) is 0 Å². The summed E-state index contributed by atoms with van der Waals surface area (Å²) in [5, 5.41) is 0. The van der Waals surface area contributed by atoms with Gasteiger partial charge in [-0.05, 0) is 12.8 Å². The van der Waals surface area contributed by atoms with Gasteiger partial charge in [0.2, 0.25) is 0 Å². The minimum Gasteiger partial charge on any atom is -0.466 e. The molecule has 0 aromatic rings. The number of carbonyl (C=O) groups is 1. The van der Waals surface area contributed by atoms with Crippen LogP contribution >= 0.6 is 0 Å². The zero-order chi connectivity index (χ0) is 14.9. The molecular formula is C18H35O2. The summed E-state index contributed by atoms with van der Waals surface area (Å²) in [6.07, 6.45) is 16.3. The highest BCUT2D eigenvalue weighted by Crippen LogP contribution is 2.09. The third kappa shape index (κ3) is 15.5. The SMILES string of the molecule is [CH2]CCCCCCCC(=O)OCCCCCCCCC. The Kier molecular flexibility index (Phi) is 16.1. The highest BCUT2D eigenvalue weighted by atomic mass is 16.5. The Labute approximate surface area is 126 Å². The maximum atomic E-state index is 11.5. The van der Waals surface area contributed by atoms with Crippen molar-refractivity contribution in [1.82, 2.24) is 0 Å². The van der Waals surface area contributed by atoms with Gasteiger partial charge in [-0.15, -0.1) is 0 Å². The fourth-order valence-electron chi connectivity index (χ4n) is 2.29. The zero-order valence-corrected chi connectivity index (χ0v) is 13.6. The lowest BCUT2D eigenvalue weighted by molar-refractivity contribution is -0.143. The van der Waals surface area contributed by atoms with Gasteiger partial charge in [0.1, 0.15) is 0 Å². The van der Waals surface area contributed by atoms with E-state index in [1.54, 1.807) is 0 Å². The Morgan fingerprint density at radius 2 is 1.35 bits per heavy atom. The van der Waals surface area contributed by atoms with Crippen molar-refractivity contribution in [3.8, 4) is 0 Å². The van der Waals surface area contributed by atoms with Crippen molar-refractivity contribution in [1.29, 1.82) is 0 Å². The van der Waals surface area contributed by atoms with Crippen LogP contribution in [0.2, 0.25) is 0 Å². The van der Waals surface area contributed by atoms with Crippen molar-refractivity contribution in [2.75, 3.05) is 6.61 Å². The van der Waals surface area contributed by atoms with Crippen molar-refractivity contribution < 1.29 is 9.53 Å². The van der Waals surface area contributed by atoms with E-state index >= 15 is 0 Å². The third-order valence-electron chi connectivity index (χ3n) is 3.64. The van der Waals surface area contributed by atoms with Gasteiger partial charge in [-0.25, -0.2) is 0 Å². The molecule has 0 aliphatic rings.